The van der Waals surface area contributed by atoms with E-state index in [0.717, 1.165) is 11.1 Å². The molecule has 0 saturated carbocycles. The lowest BCUT2D eigenvalue weighted by molar-refractivity contribution is 0.0453. The SMILES string of the molecule is CCOCCOCc1cccc(CNC(=O)c2c(-c3ccccc3Cl)noc2C)c1. The van der Waals surface area contributed by atoms with Gasteiger partial charge in [-0.1, -0.05) is 59.2 Å². The highest BCUT2D eigenvalue weighted by Gasteiger charge is 2.22. The molecule has 0 aliphatic rings. The minimum Gasteiger partial charge on any atom is -0.379 e. The van der Waals surface area contributed by atoms with Gasteiger partial charge in [0, 0.05) is 18.7 Å². The standard InChI is InChI=1S/C23H25ClN2O4/c1-3-28-11-12-29-15-18-8-6-7-17(13-18)14-25-23(27)21-16(2)30-26-22(21)19-9-4-5-10-20(19)24/h4-10,13H,3,11-12,14-15H2,1-2H3,(H,25,27). The second-order valence-electron chi connectivity index (χ2n) is 6.69. The lowest BCUT2D eigenvalue weighted by Gasteiger charge is -2.09. The molecule has 2 aromatic carbocycles. The van der Waals surface area contributed by atoms with Crippen molar-refractivity contribution in [1.29, 1.82) is 0 Å². The van der Waals surface area contributed by atoms with Gasteiger partial charge in [0.05, 0.1) is 24.8 Å². The molecule has 1 amide bonds. The van der Waals surface area contributed by atoms with Gasteiger partial charge in [-0.15, -0.1) is 0 Å². The normalized spacial score (nSPS) is 10.9. The number of nitrogens with one attached hydrogen (secondary N) is 1. The molecule has 0 radical (unpaired) electrons. The number of benzene rings is 2. The fourth-order valence-electron chi connectivity index (χ4n) is 3.03. The molecule has 1 N–H and O–H groups in total. The molecule has 30 heavy (non-hydrogen) atoms. The lowest BCUT2D eigenvalue weighted by atomic mass is 10.1. The molecule has 7 heteroatoms. The van der Waals surface area contributed by atoms with Crippen molar-refractivity contribution in [1.82, 2.24) is 10.5 Å². The second kappa shape index (κ2) is 10.9. The van der Waals surface area contributed by atoms with Gasteiger partial charge in [0.15, 0.2) is 0 Å². The van der Waals surface area contributed by atoms with Crippen molar-refractivity contribution in [2.75, 3.05) is 19.8 Å². The summed E-state index contributed by atoms with van der Waals surface area (Å²) in [6.07, 6.45) is 0. The number of amides is 1. The molecular weight excluding hydrogens is 404 g/mol. The van der Waals surface area contributed by atoms with Gasteiger partial charge in [-0.3, -0.25) is 4.79 Å². The number of ether oxygens (including phenoxy) is 2. The summed E-state index contributed by atoms with van der Waals surface area (Å²) in [4.78, 5) is 12.9. The van der Waals surface area contributed by atoms with Crippen LogP contribution in [-0.4, -0.2) is 30.9 Å². The topological polar surface area (TPSA) is 73.6 Å². The van der Waals surface area contributed by atoms with E-state index in [4.69, 9.17) is 25.6 Å². The van der Waals surface area contributed by atoms with Crippen molar-refractivity contribution in [3.63, 3.8) is 0 Å². The Morgan fingerprint density at radius 1 is 1.10 bits per heavy atom. The first-order valence-corrected chi connectivity index (χ1v) is 10.2. The van der Waals surface area contributed by atoms with Gasteiger partial charge in [0.25, 0.3) is 5.91 Å². The highest BCUT2D eigenvalue weighted by Crippen LogP contribution is 2.30. The molecule has 0 bridgehead atoms. The molecular formula is C23H25ClN2O4. The van der Waals surface area contributed by atoms with Crippen LogP contribution < -0.4 is 5.32 Å². The number of nitrogens with zero attached hydrogens (tertiary/aromatic N) is 1. The fourth-order valence-corrected chi connectivity index (χ4v) is 3.25. The molecule has 0 unspecified atom stereocenters. The summed E-state index contributed by atoms with van der Waals surface area (Å²) in [5.41, 5.74) is 3.50. The first-order chi connectivity index (χ1) is 14.6. The third kappa shape index (κ3) is 5.69. The maximum absolute atomic E-state index is 12.9. The van der Waals surface area contributed by atoms with Crippen molar-refractivity contribution in [3.05, 3.63) is 76.0 Å². The van der Waals surface area contributed by atoms with Crippen molar-refractivity contribution < 1.29 is 18.8 Å². The fraction of sp³-hybridized carbons (Fsp3) is 0.304. The monoisotopic (exact) mass is 428 g/mol. The Kier molecular flexibility index (Phi) is 8.02. The molecule has 6 nitrogen and oxygen atoms in total. The van der Waals surface area contributed by atoms with E-state index in [0.29, 0.717) is 60.6 Å². The maximum atomic E-state index is 12.9. The van der Waals surface area contributed by atoms with Gasteiger partial charge in [-0.2, -0.15) is 0 Å². The average Bonchev–Trinajstić information content (AvgIpc) is 3.14. The average molecular weight is 429 g/mol. The van der Waals surface area contributed by atoms with Gasteiger partial charge < -0.3 is 19.3 Å². The number of aryl methyl sites for hydroxylation is 1. The van der Waals surface area contributed by atoms with Gasteiger partial charge in [-0.05, 0) is 31.0 Å². The molecule has 0 spiro atoms. The number of hydrogen-bond acceptors (Lipinski definition) is 5. The molecule has 3 rings (SSSR count). The third-order valence-corrected chi connectivity index (χ3v) is 4.84. The summed E-state index contributed by atoms with van der Waals surface area (Å²) in [5, 5.41) is 7.50. The predicted octanol–water partition coefficient (Wildman–Crippen LogP) is 4.79. The molecule has 0 fully saturated rings. The van der Waals surface area contributed by atoms with Gasteiger partial charge in [0.2, 0.25) is 0 Å². The van der Waals surface area contributed by atoms with E-state index >= 15 is 0 Å². The maximum Gasteiger partial charge on any atom is 0.257 e. The lowest BCUT2D eigenvalue weighted by Crippen LogP contribution is -2.23. The largest absolute Gasteiger partial charge is 0.379 e. The predicted molar refractivity (Wildman–Crippen MR) is 115 cm³/mol. The summed E-state index contributed by atoms with van der Waals surface area (Å²) >= 11 is 6.27. The Balaban J connectivity index is 1.64. The number of halogens is 1. The molecule has 158 valence electrons. The van der Waals surface area contributed by atoms with E-state index < -0.39 is 0 Å². The van der Waals surface area contributed by atoms with Crippen LogP contribution >= 0.6 is 11.6 Å². The van der Waals surface area contributed by atoms with Crippen LogP contribution in [-0.2, 0) is 22.6 Å². The summed E-state index contributed by atoms with van der Waals surface area (Å²) in [5.74, 6) is 0.181. The Morgan fingerprint density at radius 2 is 1.87 bits per heavy atom. The van der Waals surface area contributed by atoms with Crippen molar-refractivity contribution in [3.8, 4) is 11.3 Å². The Labute approximate surface area is 181 Å². The van der Waals surface area contributed by atoms with Gasteiger partial charge in [-0.25, -0.2) is 0 Å². The Hall–Kier alpha value is -2.67. The van der Waals surface area contributed by atoms with E-state index in [-0.39, 0.29) is 5.91 Å². The van der Waals surface area contributed by atoms with Crippen molar-refractivity contribution in [2.24, 2.45) is 0 Å². The van der Waals surface area contributed by atoms with E-state index in [1.807, 2.05) is 49.4 Å². The highest BCUT2D eigenvalue weighted by molar-refractivity contribution is 6.33. The first-order valence-electron chi connectivity index (χ1n) is 9.82. The highest BCUT2D eigenvalue weighted by atomic mass is 35.5. The molecule has 0 aliphatic carbocycles. The minimum atomic E-state index is -0.262. The first kappa shape index (κ1) is 22.0. The van der Waals surface area contributed by atoms with Crippen LogP contribution in [0.15, 0.2) is 53.1 Å². The van der Waals surface area contributed by atoms with Gasteiger partial charge >= 0.3 is 0 Å². The van der Waals surface area contributed by atoms with Crippen LogP contribution in [0.2, 0.25) is 5.02 Å². The van der Waals surface area contributed by atoms with Gasteiger partial charge in [0.1, 0.15) is 17.0 Å². The zero-order valence-electron chi connectivity index (χ0n) is 17.1. The van der Waals surface area contributed by atoms with Crippen LogP contribution in [0.25, 0.3) is 11.3 Å². The van der Waals surface area contributed by atoms with Crippen molar-refractivity contribution >= 4 is 17.5 Å². The number of aromatic nitrogens is 1. The zero-order chi connectivity index (χ0) is 21.3. The van der Waals surface area contributed by atoms with E-state index in [2.05, 4.69) is 10.5 Å². The molecule has 0 aliphatic heterocycles. The Bertz CT molecular complexity index is 987. The summed E-state index contributed by atoms with van der Waals surface area (Å²) in [6.45, 7) is 6.35. The number of rotatable bonds is 10. The minimum absolute atomic E-state index is 0.262. The van der Waals surface area contributed by atoms with Crippen LogP contribution in [0.1, 0.15) is 34.2 Å². The second-order valence-corrected chi connectivity index (χ2v) is 7.10. The number of carbonyl (C=O) groups is 1. The van der Waals surface area contributed by atoms with E-state index in [1.165, 1.54) is 0 Å². The third-order valence-electron chi connectivity index (χ3n) is 4.51. The Morgan fingerprint density at radius 3 is 2.67 bits per heavy atom. The molecule has 3 aromatic rings. The molecule has 1 heterocycles. The van der Waals surface area contributed by atoms with Crippen LogP contribution in [0.5, 0.6) is 0 Å². The smallest absolute Gasteiger partial charge is 0.257 e. The molecule has 0 atom stereocenters. The van der Waals surface area contributed by atoms with Crippen LogP contribution in [0.4, 0.5) is 0 Å². The van der Waals surface area contributed by atoms with Crippen LogP contribution in [0, 0.1) is 6.92 Å². The van der Waals surface area contributed by atoms with Crippen molar-refractivity contribution in [2.45, 2.75) is 27.0 Å². The van der Waals surface area contributed by atoms with E-state index in [1.54, 1.807) is 13.0 Å². The number of carbonyl (C=O) groups excluding carboxylic acids is 1. The molecule has 1 aromatic heterocycles. The summed E-state index contributed by atoms with van der Waals surface area (Å²) in [6, 6.07) is 15.1. The zero-order valence-corrected chi connectivity index (χ0v) is 17.9. The summed E-state index contributed by atoms with van der Waals surface area (Å²) < 4.78 is 16.1. The molecule has 0 saturated heterocycles. The van der Waals surface area contributed by atoms with Crippen LogP contribution in [0.3, 0.4) is 0 Å². The number of hydrogen-bond donors (Lipinski definition) is 1. The summed E-state index contributed by atoms with van der Waals surface area (Å²) in [7, 11) is 0. The van der Waals surface area contributed by atoms with E-state index in [9.17, 15) is 4.79 Å². The quantitative estimate of drug-likeness (QED) is 0.470.